The molecule has 2 aliphatic rings. The molecule has 2 aromatic carbocycles. The third kappa shape index (κ3) is 3.42. The van der Waals surface area contributed by atoms with Crippen molar-refractivity contribution in [2.75, 3.05) is 29.5 Å². The maximum absolute atomic E-state index is 13.2. The van der Waals surface area contributed by atoms with Gasteiger partial charge in [0.1, 0.15) is 5.75 Å². The Kier molecular flexibility index (Phi) is 4.84. The van der Waals surface area contributed by atoms with E-state index in [4.69, 9.17) is 4.74 Å². The van der Waals surface area contributed by atoms with Gasteiger partial charge < -0.3 is 14.5 Å². The van der Waals surface area contributed by atoms with E-state index in [1.807, 2.05) is 54.3 Å². The van der Waals surface area contributed by atoms with Crippen molar-refractivity contribution in [2.24, 2.45) is 5.92 Å². The molecule has 1 fully saturated rings. The number of aryl methyl sites for hydroxylation is 1. The maximum atomic E-state index is 13.2. The van der Waals surface area contributed by atoms with Crippen LogP contribution in [0, 0.1) is 5.92 Å². The molecular formula is C22H24N2O3. The van der Waals surface area contributed by atoms with Gasteiger partial charge in [-0.1, -0.05) is 18.2 Å². The number of anilines is 2. The van der Waals surface area contributed by atoms with Crippen LogP contribution in [0.15, 0.2) is 48.5 Å². The summed E-state index contributed by atoms with van der Waals surface area (Å²) in [6, 6.07) is 15.6. The van der Waals surface area contributed by atoms with Crippen LogP contribution in [0.2, 0.25) is 0 Å². The quantitative estimate of drug-likeness (QED) is 0.835. The van der Waals surface area contributed by atoms with Gasteiger partial charge >= 0.3 is 0 Å². The molecule has 2 aliphatic heterocycles. The van der Waals surface area contributed by atoms with E-state index in [0.29, 0.717) is 13.2 Å². The van der Waals surface area contributed by atoms with Gasteiger partial charge in [0, 0.05) is 30.9 Å². The van der Waals surface area contributed by atoms with Gasteiger partial charge in [-0.3, -0.25) is 9.59 Å². The molecule has 5 heteroatoms. The van der Waals surface area contributed by atoms with E-state index in [1.165, 1.54) is 5.56 Å². The average Bonchev–Trinajstić information content (AvgIpc) is 3.09. The van der Waals surface area contributed by atoms with Crippen LogP contribution in [-0.2, 0) is 16.0 Å². The lowest BCUT2D eigenvalue weighted by molar-refractivity contribution is -0.124. The lowest BCUT2D eigenvalue weighted by Gasteiger charge is -2.31. The summed E-state index contributed by atoms with van der Waals surface area (Å²) in [6.07, 6.45) is 2.23. The first kappa shape index (κ1) is 17.6. The van der Waals surface area contributed by atoms with Crippen LogP contribution in [0.5, 0.6) is 5.75 Å². The molecule has 0 radical (unpaired) electrons. The lowest BCUT2D eigenvalue weighted by Crippen LogP contribution is -2.40. The number of hydrogen-bond donors (Lipinski definition) is 0. The molecule has 2 amide bonds. The number of hydrogen-bond acceptors (Lipinski definition) is 3. The van der Waals surface area contributed by atoms with Gasteiger partial charge in [-0.15, -0.1) is 0 Å². The summed E-state index contributed by atoms with van der Waals surface area (Å²) in [5, 5.41) is 0. The van der Waals surface area contributed by atoms with E-state index in [9.17, 15) is 9.59 Å². The number of fused-ring (bicyclic) bond motifs is 1. The molecule has 0 N–H and O–H groups in total. The van der Waals surface area contributed by atoms with Crippen molar-refractivity contribution < 1.29 is 14.3 Å². The van der Waals surface area contributed by atoms with Crippen molar-refractivity contribution in [3.05, 3.63) is 54.1 Å². The zero-order valence-electron chi connectivity index (χ0n) is 15.6. The van der Waals surface area contributed by atoms with Crippen LogP contribution in [0.3, 0.4) is 0 Å². The Morgan fingerprint density at radius 2 is 1.93 bits per heavy atom. The summed E-state index contributed by atoms with van der Waals surface area (Å²) in [4.78, 5) is 29.3. The van der Waals surface area contributed by atoms with Crippen molar-refractivity contribution in [2.45, 2.75) is 26.2 Å². The summed E-state index contributed by atoms with van der Waals surface area (Å²) < 4.78 is 5.46. The Morgan fingerprint density at radius 1 is 1.15 bits per heavy atom. The fourth-order valence-corrected chi connectivity index (χ4v) is 3.99. The standard InChI is InChI=1S/C22H24N2O3/c1-2-27-19-11-9-18(10-12-19)24-15-17(14-21(24)25)22(26)23-13-5-7-16-6-3-4-8-20(16)23/h3-4,6,8-12,17H,2,5,7,13-15H2,1H3/t17-/m0/s1. The summed E-state index contributed by atoms with van der Waals surface area (Å²) in [7, 11) is 0. The summed E-state index contributed by atoms with van der Waals surface area (Å²) >= 11 is 0. The van der Waals surface area contributed by atoms with E-state index >= 15 is 0 Å². The van der Waals surface area contributed by atoms with Crippen molar-refractivity contribution in [1.29, 1.82) is 0 Å². The average molecular weight is 364 g/mol. The Morgan fingerprint density at radius 3 is 2.70 bits per heavy atom. The zero-order valence-corrected chi connectivity index (χ0v) is 15.6. The number of carbonyl (C=O) groups excluding carboxylic acids is 2. The number of amides is 2. The summed E-state index contributed by atoms with van der Waals surface area (Å²) in [6.45, 7) is 3.71. The largest absolute Gasteiger partial charge is 0.494 e. The highest BCUT2D eigenvalue weighted by Crippen LogP contribution is 2.32. The molecule has 0 spiro atoms. The fourth-order valence-electron chi connectivity index (χ4n) is 3.99. The highest BCUT2D eigenvalue weighted by molar-refractivity contribution is 6.04. The van der Waals surface area contributed by atoms with Crippen LogP contribution in [-0.4, -0.2) is 31.5 Å². The van der Waals surface area contributed by atoms with E-state index in [1.54, 1.807) is 4.90 Å². The van der Waals surface area contributed by atoms with E-state index in [2.05, 4.69) is 6.07 Å². The molecule has 1 atom stereocenters. The number of rotatable bonds is 4. The lowest BCUT2D eigenvalue weighted by atomic mass is 9.99. The Hall–Kier alpha value is -2.82. The van der Waals surface area contributed by atoms with E-state index < -0.39 is 0 Å². The molecule has 0 bridgehead atoms. The first-order chi connectivity index (χ1) is 13.2. The van der Waals surface area contributed by atoms with Crippen LogP contribution in [0.25, 0.3) is 0 Å². The number of nitrogens with zero attached hydrogens (tertiary/aromatic N) is 2. The van der Waals surface area contributed by atoms with Crippen LogP contribution in [0.1, 0.15) is 25.3 Å². The zero-order chi connectivity index (χ0) is 18.8. The number of benzene rings is 2. The van der Waals surface area contributed by atoms with Gasteiger partial charge in [0.15, 0.2) is 0 Å². The predicted molar refractivity (Wildman–Crippen MR) is 105 cm³/mol. The minimum atomic E-state index is -0.296. The van der Waals surface area contributed by atoms with Crippen molar-refractivity contribution in [3.8, 4) is 5.75 Å². The summed E-state index contributed by atoms with van der Waals surface area (Å²) in [5.41, 5.74) is 3.03. The van der Waals surface area contributed by atoms with Gasteiger partial charge in [0.2, 0.25) is 11.8 Å². The molecule has 2 heterocycles. The second kappa shape index (κ2) is 7.43. The molecule has 0 unspecified atom stereocenters. The monoisotopic (exact) mass is 364 g/mol. The topological polar surface area (TPSA) is 49.9 Å². The number of carbonyl (C=O) groups is 2. The van der Waals surface area contributed by atoms with Crippen LogP contribution >= 0.6 is 0 Å². The third-order valence-electron chi connectivity index (χ3n) is 5.31. The third-order valence-corrected chi connectivity index (χ3v) is 5.31. The molecular weight excluding hydrogens is 340 g/mol. The molecule has 0 saturated carbocycles. The predicted octanol–water partition coefficient (Wildman–Crippen LogP) is 3.42. The van der Waals surface area contributed by atoms with Crippen molar-refractivity contribution in [3.63, 3.8) is 0 Å². The molecule has 0 aromatic heterocycles. The van der Waals surface area contributed by atoms with Gasteiger partial charge in [-0.25, -0.2) is 0 Å². The number of para-hydroxylation sites is 1. The Balaban J connectivity index is 1.50. The smallest absolute Gasteiger partial charge is 0.232 e. The first-order valence-corrected chi connectivity index (χ1v) is 9.60. The maximum Gasteiger partial charge on any atom is 0.232 e. The van der Waals surface area contributed by atoms with Gasteiger partial charge in [-0.2, -0.15) is 0 Å². The van der Waals surface area contributed by atoms with Crippen molar-refractivity contribution >= 4 is 23.2 Å². The minimum Gasteiger partial charge on any atom is -0.494 e. The van der Waals surface area contributed by atoms with Crippen molar-refractivity contribution in [1.82, 2.24) is 0 Å². The highest BCUT2D eigenvalue weighted by Gasteiger charge is 2.38. The van der Waals surface area contributed by atoms with E-state index in [-0.39, 0.29) is 24.2 Å². The van der Waals surface area contributed by atoms with E-state index in [0.717, 1.165) is 36.5 Å². The minimum absolute atomic E-state index is 0.00260. The molecule has 4 rings (SSSR count). The van der Waals surface area contributed by atoms with Gasteiger partial charge in [0.05, 0.1) is 12.5 Å². The van der Waals surface area contributed by atoms with Crippen LogP contribution < -0.4 is 14.5 Å². The van der Waals surface area contributed by atoms with Gasteiger partial charge in [-0.05, 0) is 55.7 Å². The molecule has 5 nitrogen and oxygen atoms in total. The number of ether oxygens (including phenoxy) is 1. The first-order valence-electron chi connectivity index (χ1n) is 9.60. The molecule has 0 aliphatic carbocycles. The normalized spacial score (nSPS) is 19.1. The molecule has 1 saturated heterocycles. The SMILES string of the molecule is CCOc1ccc(N2C[C@@H](C(=O)N3CCCc4ccccc43)CC2=O)cc1. The molecule has 27 heavy (non-hydrogen) atoms. The Bertz CT molecular complexity index is 847. The second-order valence-corrected chi connectivity index (χ2v) is 7.05. The summed E-state index contributed by atoms with van der Waals surface area (Å²) in [5.74, 6) is 0.549. The van der Waals surface area contributed by atoms with Gasteiger partial charge in [0.25, 0.3) is 0 Å². The Labute approximate surface area is 159 Å². The highest BCUT2D eigenvalue weighted by atomic mass is 16.5. The fraction of sp³-hybridized carbons (Fsp3) is 0.364. The molecule has 140 valence electrons. The molecule has 2 aromatic rings. The van der Waals surface area contributed by atoms with Crippen LogP contribution in [0.4, 0.5) is 11.4 Å². The second-order valence-electron chi connectivity index (χ2n) is 7.05.